The summed E-state index contributed by atoms with van der Waals surface area (Å²) in [4.78, 5) is 53.9. The zero-order valence-corrected chi connectivity index (χ0v) is 10.8. The van der Waals surface area contributed by atoms with Crippen LogP contribution < -0.4 is 0 Å². The molecule has 0 bridgehead atoms. The van der Waals surface area contributed by atoms with Gasteiger partial charge in [-0.05, 0) is 0 Å². The number of esters is 3. The molecule has 0 saturated carbocycles. The van der Waals surface area contributed by atoms with Gasteiger partial charge in [0.05, 0.1) is 0 Å². The predicted octanol–water partition coefficient (Wildman–Crippen LogP) is -0.818. The topological polar surface area (TPSA) is 113 Å². The summed E-state index contributed by atoms with van der Waals surface area (Å²) < 4.78 is 13.7. The van der Waals surface area contributed by atoms with Gasteiger partial charge in [-0.15, -0.1) is 0 Å². The Morgan fingerprint density at radius 2 is 1.26 bits per heavy atom. The van der Waals surface area contributed by atoms with Crippen LogP contribution in [0.15, 0.2) is 0 Å². The van der Waals surface area contributed by atoms with Crippen molar-refractivity contribution < 1.29 is 38.2 Å². The van der Waals surface area contributed by atoms with Crippen molar-refractivity contribution >= 4 is 29.5 Å². The molecular formula is C11H14O8. The molecule has 0 aromatic carbocycles. The zero-order chi connectivity index (χ0) is 15.0. The Morgan fingerprint density at radius 3 is 1.68 bits per heavy atom. The second-order valence-corrected chi connectivity index (χ2v) is 3.54. The van der Waals surface area contributed by atoms with E-state index in [1.54, 1.807) is 0 Å². The van der Waals surface area contributed by atoms with Gasteiger partial charge < -0.3 is 14.2 Å². The van der Waals surface area contributed by atoms with E-state index in [1.165, 1.54) is 0 Å². The average molecular weight is 274 g/mol. The Labute approximate surface area is 109 Å². The fourth-order valence-corrected chi connectivity index (χ4v) is 0.831. The van der Waals surface area contributed by atoms with Crippen molar-refractivity contribution in [2.75, 3.05) is 13.2 Å². The summed E-state index contributed by atoms with van der Waals surface area (Å²) in [6, 6.07) is 0. The van der Waals surface area contributed by atoms with E-state index in [0.717, 1.165) is 20.8 Å². The van der Waals surface area contributed by atoms with E-state index >= 15 is 0 Å². The number of rotatable bonds is 7. The normalized spacial score (nSPS) is 11.1. The summed E-state index contributed by atoms with van der Waals surface area (Å²) in [5, 5.41) is 0. The molecule has 0 saturated heterocycles. The SMILES string of the molecule is CC(=O)OCC(COC(=O)C(C)=O)OC(=O)C(C)=O. The van der Waals surface area contributed by atoms with Gasteiger partial charge in [0, 0.05) is 20.8 Å². The van der Waals surface area contributed by atoms with Crippen LogP contribution in [0.1, 0.15) is 20.8 Å². The molecule has 0 aliphatic rings. The molecule has 8 heteroatoms. The molecule has 0 aromatic rings. The lowest BCUT2D eigenvalue weighted by Crippen LogP contribution is -2.33. The Morgan fingerprint density at radius 1 is 0.789 bits per heavy atom. The van der Waals surface area contributed by atoms with E-state index in [2.05, 4.69) is 14.2 Å². The van der Waals surface area contributed by atoms with E-state index in [1.807, 2.05) is 0 Å². The monoisotopic (exact) mass is 274 g/mol. The van der Waals surface area contributed by atoms with Crippen molar-refractivity contribution in [3.8, 4) is 0 Å². The molecule has 106 valence electrons. The molecule has 0 spiro atoms. The largest absolute Gasteiger partial charge is 0.462 e. The van der Waals surface area contributed by atoms with Gasteiger partial charge in [-0.25, -0.2) is 9.59 Å². The lowest BCUT2D eigenvalue weighted by Gasteiger charge is -2.16. The highest BCUT2D eigenvalue weighted by atomic mass is 16.6. The first kappa shape index (κ1) is 16.8. The minimum absolute atomic E-state index is 0.389. The number of Topliss-reactive ketones (excluding diaryl/α,β-unsaturated/α-hetero) is 2. The average Bonchev–Trinajstić information content (AvgIpc) is 2.31. The van der Waals surface area contributed by atoms with Crippen LogP contribution in [-0.2, 0) is 38.2 Å². The highest BCUT2D eigenvalue weighted by Crippen LogP contribution is 1.98. The number of carbonyl (C=O) groups excluding carboxylic acids is 5. The van der Waals surface area contributed by atoms with Gasteiger partial charge in [0.25, 0.3) is 0 Å². The summed E-state index contributed by atoms with van der Waals surface area (Å²) >= 11 is 0. The number of carbonyl (C=O) groups is 5. The molecule has 0 amide bonds. The molecule has 0 N–H and O–H groups in total. The van der Waals surface area contributed by atoms with E-state index < -0.39 is 42.2 Å². The summed E-state index contributed by atoms with van der Waals surface area (Å²) in [7, 11) is 0. The lowest BCUT2D eigenvalue weighted by atomic mass is 10.3. The second-order valence-electron chi connectivity index (χ2n) is 3.54. The highest BCUT2D eigenvalue weighted by Gasteiger charge is 2.21. The molecule has 0 fully saturated rings. The van der Waals surface area contributed by atoms with Gasteiger partial charge >= 0.3 is 17.9 Å². The fraction of sp³-hybridized carbons (Fsp3) is 0.545. The van der Waals surface area contributed by atoms with Gasteiger partial charge in [0.2, 0.25) is 11.6 Å². The minimum atomic E-state index is -1.16. The van der Waals surface area contributed by atoms with Gasteiger partial charge in [-0.2, -0.15) is 0 Å². The third-order valence-corrected chi connectivity index (χ3v) is 1.72. The summed E-state index contributed by atoms with van der Waals surface area (Å²) in [5.41, 5.74) is 0. The zero-order valence-electron chi connectivity index (χ0n) is 10.8. The number of ether oxygens (including phenoxy) is 3. The molecule has 1 atom stereocenters. The Kier molecular flexibility index (Phi) is 7.02. The second kappa shape index (κ2) is 7.96. The maximum absolute atomic E-state index is 11.1. The molecule has 0 aromatic heterocycles. The number of hydrogen-bond donors (Lipinski definition) is 0. The first-order valence-corrected chi connectivity index (χ1v) is 5.26. The molecule has 0 radical (unpaired) electrons. The van der Waals surface area contributed by atoms with E-state index in [-0.39, 0.29) is 6.61 Å². The smallest absolute Gasteiger partial charge is 0.374 e. The maximum Gasteiger partial charge on any atom is 0.374 e. The summed E-state index contributed by atoms with van der Waals surface area (Å²) in [6.07, 6.45) is -1.15. The Bertz CT molecular complexity index is 397. The van der Waals surface area contributed by atoms with E-state index in [4.69, 9.17) is 0 Å². The fourth-order valence-electron chi connectivity index (χ4n) is 0.831. The minimum Gasteiger partial charge on any atom is -0.462 e. The van der Waals surface area contributed by atoms with Crippen LogP contribution in [0.5, 0.6) is 0 Å². The van der Waals surface area contributed by atoms with Gasteiger partial charge in [-0.3, -0.25) is 14.4 Å². The Balaban J connectivity index is 4.44. The molecule has 1 unspecified atom stereocenters. The van der Waals surface area contributed by atoms with Gasteiger partial charge in [0.1, 0.15) is 13.2 Å². The molecule has 19 heavy (non-hydrogen) atoms. The first-order valence-electron chi connectivity index (χ1n) is 5.26. The maximum atomic E-state index is 11.1. The predicted molar refractivity (Wildman–Crippen MR) is 58.8 cm³/mol. The molecule has 8 nitrogen and oxygen atoms in total. The van der Waals surface area contributed by atoms with Crippen LogP contribution in [0, 0.1) is 0 Å². The third-order valence-electron chi connectivity index (χ3n) is 1.72. The van der Waals surface area contributed by atoms with E-state index in [9.17, 15) is 24.0 Å². The molecular weight excluding hydrogens is 260 g/mol. The van der Waals surface area contributed by atoms with Crippen LogP contribution in [0.2, 0.25) is 0 Å². The van der Waals surface area contributed by atoms with Gasteiger partial charge in [0.15, 0.2) is 6.10 Å². The van der Waals surface area contributed by atoms with Crippen LogP contribution in [0.25, 0.3) is 0 Å². The first-order chi connectivity index (χ1) is 8.73. The van der Waals surface area contributed by atoms with Gasteiger partial charge in [-0.1, -0.05) is 0 Å². The van der Waals surface area contributed by atoms with E-state index in [0.29, 0.717) is 0 Å². The number of ketones is 2. The van der Waals surface area contributed by atoms with Crippen LogP contribution in [0.4, 0.5) is 0 Å². The van der Waals surface area contributed by atoms with Crippen molar-refractivity contribution in [1.29, 1.82) is 0 Å². The van der Waals surface area contributed by atoms with Crippen LogP contribution in [-0.4, -0.2) is 48.8 Å². The van der Waals surface area contributed by atoms with Crippen molar-refractivity contribution in [2.24, 2.45) is 0 Å². The molecule has 0 heterocycles. The number of hydrogen-bond acceptors (Lipinski definition) is 8. The molecule has 0 rings (SSSR count). The standard InChI is InChI=1S/C11H14O8/c1-6(12)10(15)18-5-9(4-17-8(3)14)19-11(16)7(2)13/h9H,4-5H2,1-3H3. The lowest BCUT2D eigenvalue weighted by molar-refractivity contribution is -0.169. The summed E-state index contributed by atoms with van der Waals surface area (Å²) in [5.74, 6) is -4.60. The van der Waals surface area contributed by atoms with Crippen molar-refractivity contribution in [1.82, 2.24) is 0 Å². The summed E-state index contributed by atoms with van der Waals surface area (Å²) in [6.45, 7) is 2.24. The third kappa shape index (κ3) is 7.63. The highest BCUT2D eigenvalue weighted by molar-refractivity contribution is 6.33. The van der Waals surface area contributed by atoms with Crippen molar-refractivity contribution in [2.45, 2.75) is 26.9 Å². The van der Waals surface area contributed by atoms with Crippen LogP contribution >= 0.6 is 0 Å². The Hall–Kier alpha value is -2.25. The van der Waals surface area contributed by atoms with Crippen molar-refractivity contribution in [3.05, 3.63) is 0 Å². The molecule has 0 aliphatic carbocycles. The van der Waals surface area contributed by atoms with Crippen molar-refractivity contribution in [3.63, 3.8) is 0 Å². The van der Waals surface area contributed by atoms with Crippen LogP contribution in [0.3, 0.4) is 0 Å². The molecule has 0 aliphatic heterocycles. The quantitative estimate of drug-likeness (QED) is 0.336.